The van der Waals surface area contributed by atoms with E-state index < -0.39 is 0 Å². The molecule has 27 heavy (non-hydrogen) atoms. The van der Waals surface area contributed by atoms with Gasteiger partial charge < -0.3 is 26.0 Å². The molecule has 148 valence electrons. The largest absolute Gasteiger partial charge is 0.473 e. The van der Waals surface area contributed by atoms with Crippen molar-refractivity contribution in [2.24, 2.45) is 0 Å². The number of rotatable bonds is 9. The summed E-state index contributed by atoms with van der Waals surface area (Å²) in [5, 5.41) is 13.1. The van der Waals surface area contributed by atoms with Gasteiger partial charge in [-0.1, -0.05) is 13.8 Å². The predicted octanol–water partition coefficient (Wildman–Crippen LogP) is 4.98. The van der Waals surface area contributed by atoms with Crippen molar-refractivity contribution in [1.29, 1.82) is 0 Å². The van der Waals surface area contributed by atoms with E-state index in [0.29, 0.717) is 22.0 Å². The van der Waals surface area contributed by atoms with E-state index in [4.69, 9.17) is 4.74 Å². The number of benzene rings is 1. The van der Waals surface area contributed by atoms with Crippen LogP contribution in [0.1, 0.15) is 32.5 Å². The van der Waals surface area contributed by atoms with E-state index in [1.54, 1.807) is 0 Å². The third-order valence-corrected chi connectivity index (χ3v) is 5.05. The molecule has 0 saturated heterocycles. The molecule has 7 nitrogen and oxygen atoms in total. The third kappa shape index (κ3) is 4.94. The Morgan fingerprint density at radius 2 is 1.59 bits per heavy atom. The fraction of sp³-hybridized carbons (Fsp3) is 0.474. The normalized spacial score (nSPS) is 10.7. The van der Waals surface area contributed by atoms with Crippen LogP contribution in [-0.2, 0) is 0 Å². The highest BCUT2D eigenvalue weighted by atomic mass is 79.9. The number of hydrogen-bond acceptors (Lipinski definition) is 7. The molecule has 0 radical (unpaired) electrons. The SMILES string of the molecule is CCC(CC)Oc1nc(C)nc(Nc2c(NC)cc(NC)cc2NC)c1Br. The Bertz CT molecular complexity index is 754. The van der Waals surface area contributed by atoms with Crippen LogP contribution in [0.2, 0.25) is 0 Å². The van der Waals surface area contributed by atoms with Crippen molar-refractivity contribution in [3.05, 3.63) is 22.4 Å². The Hall–Kier alpha value is -2.22. The standard InChI is InChI=1S/C19H29BrN6O/c1-7-13(8-2)27-19-16(20)18(24-11(3)25-19)26-17-14(22-5)9-12(21-4)10-15(17)23-6/h9-10,13,21-23H,7-8H2,1-6H3,(H,24,25,26). The van der Waals surface area contributed by atoms with Gasteiger partial charge in [0.15, 0.2) is 5.82 Å². The molecule has 0 saturated carbocycles. The Morgan fingerprint density at radius 1 is 1.00 bits per heavy atom. The summed E-state index contributed by atoms with van der Waals surface area (Å²) in [5.41, 5.74) is 3.78. The molecule has 1 heterocycles. The second-order valence-electron chi connectivity index (χ2n) is 6.12. The molecule has 1 aromatic carbocycles. The van der Waals surface area contributed by atoms with E-state index in [2.05, 4.69) is 61.0 Å². The minimum absolute atomic E-state index is 0.124. The van der Waals surface area contributed by atoms with Crippen molar-refractivity contribution < 1.29 is 4.74 Å². The summed E-state index contributed by atoms with van der Waals surface area (Å²) in [6.07, 6.45) is 1.97. The van der Waals surface area contributed by atoms with Crippen molar-refractivity contribution in [2.45, 2.75) is 39.7 Å². The highest BCUT2D eigenvalue weighted by molar-refractivity contribution is 9.10. The van der Waals surface area contributed by atoms with Crippen LogP contribution in [0, 0.1) is 6.92 Å². The maximum Gasteiger partial charge on any atom is 0.233 e. The van der Waals surface area contributed by atoms with Gasteiger partial charge >= 0.3 is 0 Å². The molecule has 0 spiro atoms. The van der Waals surface area contributed by atoms with E-state index >= 15 is 0 Å². The summed E-state index contributed by atoms with van der Waals surface area (Å²) in [7, 11) is 5.68. The first-order valence-electron chi connectivity index (χ1n) is 9.16. The van der Waals surface area contributed by atoms with Crippen molar-refractivity contribution in [2.75, 3.05) is 42.4 Å². The lowest BCUT2D eigenvalue weighted by atomic mass is 10.2. The molecule has 4 N–H and O–H groups in total. The van der Waals surface area contributed by atoms with Crippen LogP contribution < -0.4 is 26.0 Å². The van der Waals surface area contributed by atoms with Gasteiger partial charge in [-0.3, -0.25) is 0 Å². The Morgan fingerprint density at radius 3 is 2.07 bits per heavy atom. The molecule has 0 atom stereocenters. The summed E-state index contributed by atoms with van der Waals surface area (Å²) in [6.45, 7) is 6.08. The number of halogens is 1. The zero-order valence-electron chi connectivity index (χ0n) is 16.8. The zero-order chi connectivity index (χ0) is 20.0. The van der Waals surface area contributed by atoms with Gasteiger partial charge in [-0.15, -0.1) is 0 Å². The molecular formula is C19H29BrN6O. The first-order chi connectivity index (χ1) is 13.0. The van der Waals surface area contributed by atoms with Crippen LogP contribution in [0.5, 0.6) is 5.88 Å². The second-order valence-corrected chi connectivity index (χ2v) is 6.91. The lowest BCUT2D eigenvalue weighted by Crippen LogP contribution is -2.16. The molecule has 0 aliphatic carbocycles. The molecule has 2 rings (SSSR count). The minimum atomic E-state index is 0.124. The van der Waals surface area contributed by atoms with E-state index in [1.165, 1.54) is 0 Å². The molecule has 0 bridgehead atoms. The highest BCUT2D eigenvalue weighted by Crippen LogP contribution is 2.39. The smallest absolute Gasteiger partial charge is 0.233 e. The summed E-state index contributed by atoms with van der Waals surface area (Å²) >= 11 is 3.62. The van der Waals surface area contributed by atoms with E-state index in [0.717, 1.165) is 35.6 Å². The molecule has 1 aromatic heterocycles. The Labute approximate surface area is 169 Å². The molecular weight excluding hydrogens is 408 g/mol. The highest BCUT2D eigenvalue weighted by Gasteiger charge is 2.18. The molecule has 0 fully saturated rings. The summed E-state index contributed by atoms with van der Waals surface area (Å²) in [5.74, 6) is 1.86. The number of aryl methyl sites for hydroxylation is 1. The van der Waals surface area contributed by atoms with Crippen LogP contribution in [0.3, 0.4) is 0 Å². The quantitative estimate of drug-likeness (QED) is 0.440. The first-order valence-corrected chi connectivity index (χ1v) is 9.95. The molecule has 0 amide bonds. The van der Waals surface area contributed by atoms with Gasteiger partial charge in [-0.2, -0.15) is 4.98 Å². The van der Waals surface area contributed by atoms with E-state index in [1.807, 2.05) is 40.2 Å². The topological polar surface area (TPSA) is 83.1 Å². The number of aromatic nitrogens is 2. The maximum atomic E-state index is 6.07. The first kappa shape index (κ1) is 21.1. The van der Waals surface area contributed by atoms with Crippen LogP contribution in [0.25, 0.3) is 0 Å². The van der Waals surface area contributed by atoms with Gasteiger partial charge in [-0.05, 0) is 47.8 Å². The van der Waals surface area contributed by atoms with Gasteiger partial charge in [0.1, 0.15) is 10.3 Å². The summed E-state index contributed by atoms with van der Waals surface area (Å²) < 4.78 is 6.78. The number of hydrogen-bond donors (Lipinski definition) is 4. The van der Waals surface area contributed by atoms with Crippen molar-refractivity contribution in [1.82, 2.24) is 9.97 Å². The second kappa shape index (κ2) is 9.64. The summed E-state index contributed by atoms with van der Waals surface area (Å²) in [4.78, 5) is 9.02. The van der Waals surface area contributed by atoms with E-state index in [-0.39, 0.29) is 6.10 Å². The van der Waals surface area contributed by atoms with Crippen LogP contribution in [0.15, 0.2) is 16.6 Å². The molecule has 0 unspecified atom stereocenters. The lowest BCUT2D eigenvalue weighted by Gasteiger charge is -2.20. The fourth-order valence-electron chi connectivity index (χ4n) is 2.74. The number of nitrogens with zero attached hydrogens (tertiary/aromatic N) is 2. The third-order valence-electron chi connectivity index (χ3n) is 4.33. The zero-order valence-corrected chi connectivity index (χ0v) is 18.4. The Balaban J connectivity index is 2.47. The van der Waals surface area contributed by atoms with Gasteiger partial charge in [0.2, 0.25) is 5.88 Å². The van der Waals surface area contributed by atoms with Crippen molar-refractivity contribution >= 4 is 44.5 Å². The van der Waals surface area contributed by atoms with E-state index in [9.17, 15) is 0 Å². The van der Waals surface area contributed by atoms with Gasteiger partial charge in [0.05, 0.1) is 23.2 Å². The van der Waals surface area contributed by atoms with Crippen LogP contribution >= 0.6 is 15.9 Å². The van der Waals surface area contributed by atoms with Gasteiger partial charge in [0.25, 0.3) is 0 Å². The molecule has 0 aliphatic heterocycles. The number of anilines is 5. The maximum absolute atomic E-state index is 6.07. The van der Waals surface area contributed by atoms with Crippen molar-refractivity contribution in [3.63, 3.8) is 0 Å². The molecule has 8 heteroatoms. The van der Waals surface area contributed by atoms with Gasteiger partial charge in [0, 0.05) is 26.8 Å². The number of ether oxygens (including phenoxy) is 1. The average molecular weight is 437 g/mol. The van der Waals surface area contributed by atoms with Gasteiger partial charge in [-0.25, -0.2) is 4.98 Å². The summed E-state index contributed by atoms with van der Waals surface area (Å²) in [6, 6.07) is 4.07. The predicted molar refractivity (Wildman–Crippen MR) is 118 cm³/mol. The lowest BCUT2D eigenvalue weighted by molar-refractivity contribution is 0.183. The van der Waals surface area contributed by atoms with Crippen LogP contribution in [-0.4, -0.2) is 37.2 Å². The Kier molecular flexibility index (Phi) is 7.53. The average Bonchev–Trinajstić information content (AvgIpc) is 2.68. The van der Waals surface area contributed by atoms with Crippen LogP contribution in [0.4, 0.5) is 28.6 Å². The molecule has 0 aliphatic rings. The number of nitrogens with one attached hydrogen (secondary N) is 4. The fourth-order valence-corrected chi connectivity index (χ4v) is 3.11. The molecule has 2 aromatic rings. The monoisotopic (exact) mass is 436 g/mol. The minimum Gasteiger partial charge on any atom is -0.473 e. The van der Waals surface area contributed by atoms with Crippen molar-refractivity contribution in [3.8, 4) is 5.88 Å².